The lowest BCUT2D eigenvalue weighted by molar-refractivity contribution is 0.0514. The van der Waals surface area contributed by atoms with Crippen molar-refractivity contribution in [1.82, 2.24) is 20.4 Å². The van der Waals surface area contributed by atoms with Crippen molar-refractivity contribution < 1.29 is 4.74 Å². The molecule has 2 saturated heterocycles. The van der Waals surface area contributed by atoms with E-state index in [1.165, 1.54) is 45.4 Å². The van der Waals surface area contributed by atoms with Crippen LogP contribution in [0, 0.1) is 5.92 Å². The summed E-state index contributed by atoms with van der Waals surface area (Å²) in [5.74, 6) is 0.750. The zero-order chi connectivity index (χ0) is 15.4. The van der Waals surface area contributed by atoms with Gasteiger partial charge >= 0.3 is 0 Å². The predicted molar refractivity (Wildman–Crippen MR) is 90.3 cm³/mol. The number of rotatable bonds is 5. The first-order valence-electron chi connectivity index (χ1n) is 9.21. The molecule has 0 aromatic carbocycles. The number of likely N-dealkylation sites (N-methyl/N-ethyl adjacent to an activating group) is 1. The van der Waals surface area contributed by atoms with Crippen molar-refractivity contribution in [3.05, 3.63) is 0 Å². The van der Waals surface area contributed by atoms with Crippen LogP contribution in [-0.2, 0) is 4.74 Å². The van der Waals surface area contributed by atoms with E-state index in [1.54, 1.807) is 0 Å². The largest absolute Gasteiger partial charge is 0.379 e. The van der Waals surface area contributed by atoms with Gasteiger partial charge in [-0.15, -0.1) is 0 Å². The molecule has 1 aliphatic carbocycles. The number of piperazine rings is 1. The van der Waals surface area contributed by atoms with Crippen molar-refractivity contribution in [2.75, 3.05) is 59.5 Å². The molecule has 0 bridgehead atoms. The van der Waals surface area contributed by atoms with Crippen molar-refractivity contribution in [1.29, 1.82) is 0 Å². The summed E-state index contributed by atoms with van der Waals surface area (Å²) in [6, 6.07) is 1.88. The Labute approximate surface area is 135 Å². The van der Waals surface area contributed by atoms with Gasteiger partial charge in [-0.25, -0.2) is 0 Å². The van der Waals surface area contributed by atoms with Gasteiger partial charge in [-0.1, -0.05) is 6.42 Å². The Hall–Kier alpha value is -0.200. The Kier molecular flexibility index (Phi) is 6.10. The van der Waals surface area contributed by atoms with Crippen molar-refractivity contribution in [2.24, 2.45) is 5.92 Å². The van der Waals surface area contributed by atoms with Crippen LogP contribution in [0.2, 0.25) is 0 Å². The van der Waals surface area contributed by atoms with Gasteiger partial charge in [-0.3, -0.25) is 4.90 Å². The van der Waals surface area contributed by atoms with Crippen LogP contribution in [-0.4, -0.2) is 87.5 Å². The topological polar surface area (TPSA) is 39.8 Å². The molecule has 3 aliphatic rings. The van der Waals surface area contributed by atoms with Crippen LogP contribution in [0.4, 0.5) is 0 Å². The quantitative estimate of drug-likeness (QED) is 0.768. The highest BCUT2D eigenvalue weighted by atomic mass is 16.5. The zero-order valence-electron chi connectivity index (χ0n) is 14.4. The van der Waals surface area contributed by atoms with Crippen LogP contribution in [0.25, 0.3) is 0 Å². The predicted octanol–water partition coefficient (Wildman–Crippen LogP) is 0.369. The summed E-state index contributed by atoms with van der Waals surface area (Å²) >= 11 is 0. The summed E-state index contributed by atoms with van der Waals surface area (Å²) < 4.78 is 5.67. The molecule has 3 fully saturated rings. The fourth-order valence-electron chi connectivity index (χ4n) is 4.30. The Morgan fingerprint density at radius 2 is 2.05 bits per heavy atom. The van der Waals surface area contributed by atoms with Gasteiger partial charge in [0.25, 0.3) is 0 Å². The van der Waals surface area contributed by atoms with Crippen LogP contribution in [0.5, 0.6) is 0 Å². The molecular weight excluding hydrogens is 276 g/mol. The number of ether oxygens (including phenoxy) is 1. The van der Waals surface area contributed by atoms with E-state index in [1.807, 2.05) is 0 Å². The molecule has 1 saturated carbocycles. The Bertz CT molecular complexity index is 327. The molecule has 2 aliphatic heterocycles. The maximum Gasteiger partial charge on any atom is 0.0623 e. The number of nitrogens with one attached hydrogen (secondary N) is 2. The fourth-order valence-corrected chi connectivity index (χ4v) is 4.30. The van der Waals surface area contributed by atoms with Gasteiger partial charge in [-0.05, 0) is 32.7 Å². The Morgan fingerprint density at radius 3 is 2.77 bits per heavy atom. The standard InChI is InChI=1S/C17H34N4O/c1-14(21-9-7-20(2)8-10-21)12-19-16-5-3-4-15(16)17-13-22-11-6-18-17/h14-19H,3-13H2,1-2H3. The van der Waals surface area contributed by atoms with E-state index < -0.39 is 0 Å². The first-order valence-corrected chi connectivity index (χ1v) is 9.21. The summed E-state index contributed by atoms with van der Waals surface area (Å²) in [6.07, 6.45) is 4.04. The molecule has 4 unspecified atom stereocenters. The third-order valence-electron chi connectivity index (χ3n) is 5.87. The minimum absolute atomic E-state index is 0.563. The maximum absolute atomic E-state index is 5.67. The first kappa shape index (κ1) is 16.7. The molecule has 0 aromatic rings. The second kappa shape index (κ2) is 8.06. The van der Waals surface area contributed by atoms with Gasteiger partial charge in [-0.2, -0.15) is 0 Å². The second-order valence-electron chi connectivity index (χ2n) is 7.43. The summed E-state index contributed by atoms with van der Waals surface area (Å²) in [5.41, 5.74) is 0. The van der Waals surface area contributed by atoms with Gasteiger partial charge in [0, 0.05) is 57.4 Å². The minimum Gasteiger partial charge on any atom is -0.379 e. The second-order valence-corrected chi connectivity index (χ2v) is 7.43. The Balaban J connectivity index is 1.43. The molecule has 3 rings (SSSR count). The first-order chi connectivity index (χ1) is 10.7. The molecule has 0 amide bonds. The summed E-state index contributed by atoms with van der Waals surface area (Å²) in [5, 5.41) is 7.55. The van der Waals surface area contributed by atoms with Crippen LogP contribution in [0.3, 0.4) is 0 Å². The highest BCUT2D eigenvalue weighted by Gasteiger charge is 2.34. The van der Waals surface area contributed by atoms with Crippen LogP contribution >= 0.6 is 0 Å². The molecule has 0 spiro atoms. The Morgan fingerprint density at radius 1 is 1.23 bits per heavy atom. The molecule has 128 valence electrons. The summed E-state index contributed by atoms with van der Waals surface area (Å²) in [6.45, 7) is 11.1. The van der Waals surface area contributed by atoms with Gasteiger partial charge < -0.3 is 20.3 Å². The van der Waals surface area contributed by atoms with Crippen LogP contribution in [0.15, 0.2) is 0 Å². The zero-order valence-corrected chi connectivity index (χ0v) is 14.4. The normalized spacial score (nSPS) is 36.5. The van der Waals surface area contributed by atoms with E-state index in [2.05, 4.69) is 34.4 Å². The van der Waals surface area contributed by atoms with E-state index in [4.69, 9.17) is 4.74 Å². The minimum atomic E-state index is 0.563. The smallest absolute Gasteiger partial charge is 0.0623 e. The molecule has 22 heavy (non-hydrogen) atoms. The van der Waals surface area contributed by atoms with Crippen molar-refractivity contribution in [3.63, 3.8) is 0 Å². The maximum atomic E-state index is 5.67. The molecule has 4 atom stereocenters. The molecular formula is C17H34N4O. The SMILES string of the molecule is CC(CNC1CCCC1C1COCCN1)N1CCN(C)CC1. The van der Waals surface area contributed by atoms with Gasteiger partial charge in [0.05, 0.1) is 13.2 Å². The van der Waals surface area contributed by atoms with Crippen molar-refractivity contribution >= 4 is 0 Å². The third-order valence-corrected chi connectivity index (χ3v) is 5.87. The average molecular weight is 310 g/mol. The van der Waals surface area contributed by atoms with Gasteiger partial charge in [0.15, 0.2) is 0 Å². The molecule has 2 heterocycles. The lowest BCUT2D eigenvalue weighted by Crippen LogP contribution is -2.54. The molecule has 5 nitrogen and oxygen atoms in total. The third kappa shape index (κ3) is 4.20. The molecule has 0 radical (unpaired) electrons. The number of morpholine rings is 1. The monoisotopic (exact) mass is 310 g/mol. The average Bonchev–Trinajstić information content (AvgIpc) is 3.02. The lowest BCUT2D eigenvalue weighted by atomic mass is 9.94. The van der Waals surface area contributed by atoms with E-state index in [-0.39, 0.29) is 0 Å². The van der Waals surface area contributed by atoms with Crippen LogP contribution in [0.1, 0.15) is 26.2 Å². The van der Waals surface area contributed by atoms with E-state index in [9.17, 15) is 0 Å². The van der Waals surface area contributed by atoms with E-state index in [0.717, 1.165) is 32.2 Å². The van der Waals surface area contributed by atoms with E-state index >= 15 is 0 Å². The number of hydrogen-bond acceptors (Lipinski definition) is 5. The van der Waals surface area contributed by atoms with Gasteiger partial charge in [0.2, 0.25) is 0 Å². The summed E-state index contributed by atoms with van der Waals surface area (Å²) in [4.78, 5) is 5.07. The summed E-state index contributed by atoms with van der Waals surface area (Å²) in [7, 11) is 2.22. The molecule has 5 heteroatoms. The van der Waals surface area contributed by atoms with Gasteiger partial charge in [0.1, 0.15) is 0 Å². The molecule has 2 N–H and O–H groups in total. The van der Waals surface area contributed by atoms with Crippen LogP contribution < -0.4 is 10.6 Å². The van der Waals surface area contributed by atoms with E-state index in [0.29, 0.717) is 18.1 Å². The lowest BCUT2D eigenvalue weighted by Gasteiger charge is -2.38. The number of hydrogen-bond donors (Lipinski definition) is 2. The molecule has 0 aromatic heterocycles. The van der Waals surface area contributed by atoms with Crippen molar-refractivity contribution in [2.45, 2.75) is 44.3 Å². The number of nitrogens with zero attached hydrogens (tertiary/aromatic N) is 2. The highest BCUT2D eigenvalue weighted by molar-refractivity contribution is 4.92. The fraction of sp³-hybridized carbons (Fsp3) is 1.00. The highest BCUT2D eigenvalue weighted by Crippen LogP contribution is 2.29. The van der Waals surface area contributed by atoms with Crippen molar-refractivity contribution in [3.8, 4) is 0 Å².